The Morgan fingerprint density at radius 3 is 2.42 bits per heavy atom. The van der Waals surface area contributed by atoms with E-state index >= 15 is 0 Å². The molecule has 33 heavy (non-hydrogen) atoms. The molecule has 0 spiro atoms. The van der Waals surface area contributed by atoms with Crippen LogP contribution in [0.3, 0.4) is 0 Å². The third-order valence-corrected chi connectivity index (χ3v) is 5.29. The summed E-state index contributed by atoms with van der Waals surface area (Å²) in [5.74, 6) is 0.115. The first-order valence-electron chi connectivity index (χ1n) is 10.7. The number of fused-ring (bicyclic) bond motifs is 1. The van der Waals surface area contributed by atoms with Gasteiger partial charge in [-0.15, -0.1) is 0 Å². The number of nitrogens with one attached hydrogen (secondary N) is 2. The topological polar surface area (TPSA) is 102 Å². The van der Waals surface area contributed by atoms with Crippen molar-refractivity contribution in [2.75, 3.05) is 10.6 Å². The number of rotatable bonds is 5. The van der Waals surface area contributed by atoms with Crippen molar-refractivity contribution in [2.24, 2.45) is 5.73 Å². The van der Waals surface area contributed by atoms with Gasteiger partial charge in [0.2, 0.25) is 5.91 Å². The molecular weight excluding hydrogens is 414 g/mol. The molecular formula is C26H27N5O2. The Labute approximate surface area is 192 Å². The Morgan fingerprint density at radius 1 is 0.939 bits per heavy atom. The molecule has 0 unspecified atom stereocenters. The highest BCUT2D eigenvalue weighted by atomic mass is 16.2. The largest absolute Gasteiger partial charge is 0.369 e. The van der Waals surface area contributed by atoms with E-state index in [1.807, 2.05) is 72.8 Å². The standard InChI is InChI=1S/C26H27N5O2/c1-26(2,3)22-16-24(31(30-22)19-11-6-8-17(14-19)15-23(27)32)29-25(33)28-21-13-7-10-18-9-4-5-12-20(18)21/h4-14,16H,15H2,1-3H3,(H2,27,32)(H2,28,29,33). The summed E-state index contributed by atoms with van der Waals surface area (Å²) in [4.78, 5) is 24.3. The number of anilines is 2. The van der Waals surface area contributed by atoms with Gasteiger partial charge in [-0.05, 0) is 29.1 Å². The molecule has 4 aromatic rings. The molecule has 0 aliphatic carbocycles. The number of benzene rings is 3. The third kappa shape index (κ3) is 5.03. The minimum Gasteiger partial charge on any atom is -0.369 e. The average Bonchev–Trinajstić information content (AvgIpc) is 3.18. The lowest BCUT2D eigenvalue weighted by Crippen LogP contribution is -2.21. The van der Waals surface area contributed by atoms with Gasteiger partial charge >= 0.3 is 6.03 Å². The van der Waals surface area contributed by atoms with E-state index in [0.29, 0.717) is 5.82 Å². The van der Waals surface area contributed by atoms with Gasteiger partial charge < -0.3 is 11.1 Å². The molecule has 0 saturated heterocycles. The van der Waals surface area contributed by atoms with Crippen LogP contribution >= 0.6 is 0 Å². The Hall–Kier alpha value is -4.13. The van der Waals surface area contributed by atoms with Crippen LogP contribution in [0.25, 0.3) is 16.5 Å². The maximum absolute atomic E-state index is 13.0. The molecule has 0 saturated carbocycles. The molecule has 0 aliphatic rings. The summed E-state index contributed by atoms with van der Waals surface area (Å²) in [6.07, 6.45) is 0.131. The number of nitrogens with zero attached hydrogens (tertiary/aromatic N) is 2. The lowest BCUT2D eigenvalue weighted by Gasteiger charge is -2.14. The van der Waals surface area contributed by atoms with Gasteiger partial charge in [0.1, 0.15) is 5.82 Å². The Bertz CT molecular complexity index is 1330. The quantitative estimate of drug-likeness (QED) is 0.406. The predicted octanol–water partition coefficient (Wildman–Crippen LogP) is 4.99. The highest BCUT2D eigenvalue weighted by Crippen LogP contribution is 2.27. The van der Waals surface area contributed by atoms with Gasteiger partial charge in [0, 0.05) is 16.9 Å². The van der Waals surface area contributed by atoms with Crippen LogP contribution in [0.4, 0.5) is 16.3 Å². The Morgan fingerprint density at radius 2 is 1.67 bits per heavy atom. The van der Waals surface area contributed by atoms with Crippen LogP contribution < -0.4 is 16.4 Å². The minimum atomic E-state index is -0.407. The Balaban J connectivity index is 1.66. The van der Waals surface area contributed by atoms with Crippen molar-refractivity contribution < 1.29 is 9.59 Å². The highest BCUT2D eigenvalue weighted by molar-refractivity contribution is 6.06. The molecule has 3 amide bonds. The van der Waals surface area contributed by atoms with Gasteiger partial charge in [-0.1, -0.05) is 69.3 Å². The third-order valence-electron chi connectivity index (χ3n) is 5.29. The summed E-state index contributed by atoms with van der Waals surface area (Å²) in [7, 11) is 0. The van der Waals surface area contributed by atoms with Crippen LogP contribution in [0.15, 0.2) is 72.8 Å². The van der Waals surface area contributed by atoms with E-state index in [1.54, 1.807) is 4.68 Å². The number of nitrogens with two attached hydrogens (primary N) is 1. The van der Waals surface area contributed by atoms with E-state index in [-0.39, 0.29) is 17.9 Å². The van der Waals surface area contributed by atoms with E-state index in [2.05, 4.69) is 31.4 Å². The van der Waals surface area contributed by atoms with E-state index in [9.17, 15) is 9.59 Å². The molecule has 4 rings (SSSR count). The maximum atomic E-state index is 13.0. The second-order valence-electron chi connectivity index (χ2n) is 9.00. The SMILES string of the molecule is CC(C)(C)c1cc(NC(=O)Nc2cccc3ccccc23)n(-c2cccc(CC(N)=O)c2)n1. The van der Waals surface area contributed by atoms with E-state index in [4.69, 9.17) is 10.8 Å². The number of amides is 3. The van der Waals surface area contributed by atoms with Crippen molar-refractivity contribution in [3.63, 3.8) is 0 Å². The molecule has 3 aromatic carbocycles. The van der Waals surface area contributed by atoms with Crippen LogP contribution in [0.5, 0.6) is 0 Å². The van der Waals surface area contributed by atoms with Gasteiger partial charge in [-0.25, -0.2) is 9.48 Å². The lowest BCUT2D eigenvalue weighted by atomic mass is 9.92. The summed E-state index contributed by atoms with van der Waals surface area (Å²) in [6.45, 7) is 6.18. The molecule has 0 bridgehead atoms. The first-order valence-corrected chi connectivity index (χ1v) is 10.7. The average molecular weight is 442 g/mol. The fourth-order valence-corrected chi connectivity index (χ4v) is 3.64. The molecule has 1 heterocycles. The summed E-state index contributed by atoms with van der Waals surface area (Å²) >= 11 is 0. The summed E-state index contributed by atoms with van der Waals surface area (Å²) in [6, 6.07) is 22.5. The monoisotopic (exact) mass is 441 g/mol. The number of aromatic nitrogens is 2. The fourth-order valence-electron chi connectivity index (χ4n) is 3.64. The first kappa shape index (κ1) is 22.1. The smallest absolute Gasteiger partial charge is 0.324 e. The van der Waals surface area contributed by atoms with Crippen molar-refractivity contribution in [1.29, 1.82) is 0 Å². The zero-order valence-electron chi connectivity index (χ0n) is 18.9. The summed E-state index contributed by atoms with van der Waals surface area (Å²) < 4.78 is 1.67. The number of carbonyl (C=O) groups is 2. The minimum absolute atomic E-state index is 0.131. The van der Waals surface area contributed by atoms with Gasteiger partial charge in [-0.2, -0.15) is 5.10 Å². The lowest BCUT2D eigenvalue weighted by molar-refractivity contribution is -0.117. The number of carbonyl (C=O) groups excluding carboxylic acids is 2. The normalized spacial score (nSPS) is 11.4. The zero-order valence-corrected chi connectivity index (χ0v) is 18.9. The predicted molar refractivity (Wildman–Crippen MR) is 132 cm³/mol. The number of hydrogen-bond donors (Lipinski definition) is 3. The summed E-state index contributed by atoms with van der Waals surface area (Å²) in [5, 5.41) is 12.6. The van der Waals surface area contributed by atoms with Crippen LogP contribution in [0, 0.1) is 0 Å². The summed E-state index contributed by atoms with van der Waals surface area (Å²) in [5.41, 5.74) is 8.18. The maximum Gasteiger partial charge on any atom is 0.324 e. The van der Waals surface area contributed by atoms with Crippen LogP contribution in [-0.2, 0) is 16.6 Å². The van der Waals surface area contributed by atoms with Crippen LogP contribution in [-0.4, -0.2) is 21.7 Å². The first-order chi connectivity index (χ1) is 15.7. The zero-order chi connectivity index (χ0) is 23.6. The van der Waals surface area contributed by atoms with Crippen molar-refractivity contribution in [2.45, 2.75) is 32.6 Å². The van der Waals surface area contributed by atoms with Gasteiger partial charge in [0.15, 0.2) is 0 Å². The molecule has 7 nitrogen and oxygen atoms in total. The molecule has 0 fully saturated rings. The molecule has 4 N–H and O–H groups in total. The van der Waals surface area contributed by atoms with Crippen molar-refractivity contribution >= 4 is 34.2 Å². The molecule has 0 radical (unpaired) electrons. The van der Waals surface area contributed by atoms with Crippen LogP contribution in [0.2, 0.25) is 0 Å². The molecule has 0 aliphatic heterocycles. The van der Waals surface area contributed by atoms with E-state index in [1.165, 1.54) is 0 Å². The highest BCUT2D eigenvalue weighted by Gasteiger charge is 2.22. The van der Waals surface area contributed by atoms with Gasteiger partial charge in [-0.3, -0.25) is 10.1 Å². The van der Waals surface area contributed by atoms with Crippen molar-refractivity contribution in [1.82, 2.24) is 9.78 Å². The van der Waals surface area contributed by atoms with E-state index < -0.39 is 5.91 Å². The van der Waals surface area contributed by atoms with Gasteiger partial charge in [0.05, 0.1) is 23.5 Å². The molecule has 168 valence electrons. The number of urea groups is 1. The van der Waals surface area contributed by atoms with Crippen LogP contribution in [0.1, 0.15) is 32.0 Å². The van der Waals surface area contributed by atoms with E-state index in [0.717, 1.165) is 33.4 Å². The number of primary amides is 1. The van der Waals surface area contributed by atoms with Gasteiger partial charge in [0.25, 0.3) is 0 Å². The molecule has 7 heteroatoms. The fraction of sp³-hybridized carbons (Fsp3) is 0.192. The second kappa shape index (κ2) is 8.78. The second-order valence-corrected chi connectivity index (χ2v) is 9.00. The Kier molecular flexibility index (Phi) is 5.87. The number of hydrogen-bond acceptors (Lipinski definition) is 3. The van der Waals surface area contributed by atoms with Crippen molar-refractivity contribution in [3.05, 3.63) is 84.1 Å². The molecule has 1 aromatic heterocycles. The van der Waals surface area contributed by atoms with Crippen molar-refractivity contribution in [3.8, 4) is 5.69 Å². The molecule has 0 atom stereocenters.